The molecule has 0 fully saturated rings. The van der Waals surface area contributed by atoms with Crippen LogP contribution in [0, 0.1) is 5.82 Å². The highest BCUT2D eigenvalue weighted by Gasteiger charge is 2.21. The lowest BCUT2D eigenvalue weighted by Gasteiger charge is -2.15. The van der Waals surface area contributed by atoms with Gasteiger partial charge in [-0.3, -0.25) is 14.6 Å². The van der Waals surface area contributed by atoms with Gasteiger partial charge in [-0.05, 0) is 43.3 Å². The molecule has 4 rings (SSSR count). The molecule has 3 heterocycles. The Balaban J connectivity index is 1.57. The van der Waals surface area contributed by atoms with E-state index in [0.29, 0.717) is 16.6 Å². The lowest BCUT2D eigenvalue weighted by Crippen LogP contribution is -2.28. The summed E-state index contributed by atoms with van der Waals surface area (Å²) >= 11 is 0. The summed E-state index contributed by atoms with van der Waals surface area (Å²) in [6, 6.07) is 9.37. The Morgan fingerprint density at radius 1 is 1.11 bits per heavy atom. The number of halogens is 1. The first-order valence-electron chi connectivity index (χ1n) is 10.5. The van der Waals surface area contributed by atoms with Crippen molar-refractivity contribution in [1.29, 1.82) is 0 Å². The van der Waals surface area contributed by atoms with Crippen molar-refractivity contribution in [3.63, 3.8) is 0 Å². The molecule has 1 amide bonds. The largest absolute Gasteiger partial charge is 0.481 e. The molecule has 1 aromatic carbocycles. The van der Waals surface area contributed by atoms with Crippen molar-refractivity contribution in [2.75, 3.05) is 5.75 Å². The van der Waals surface area contributed by atoms with Gasteiger partial charge in [-0.2, -0.15) is 5.10 Å². The maximum atomic E-state index is 13.3. The van der Waals surface area contributed by atoms with E-state index in [0.717, 1.165) is 0 Å². The third-order valence-corrected chi connectivity index (χ3v) is 6.86. The van der Waals surface area contributed by atoms with Crippen molar-refractivity contribution in [3.05, 3.63) is 78.1 Å². The van der Waals surface area contributed by atoms with E-state index in [1.165, 1.54) is 41.3 Å². The number of hydrogen-bond donors (Lipinski definition) is 2. The van der Waals surface area contributed by atoms with Crippen molar-refractivity contribution >= 4 is 32.6 Å². The number of carbonyl (C=O) groups excluding carboxylic acids is 1. The lowest BCUT2D eigenvalue weighted by molar-refractivity contribution is -0.136. The maximum absolute atomic E-state index is 13.3. The third kappa shape index (κ3) is 5.17. The average Bonchev–Trinajstić information content (AvgIpc) is 3.27. The SMILES string of the molecule is C[C@H](NC(=O)c1cncc2c1cnn2-c1ccc(F)cc1)c1cccc(S(=O)(=O)CCC(=O)O)n1. The van der Waals surface area contributed by atoms with Gasteiger partial charge in [0.2, 0.25) is 0 Å². The smallest absolute Gasteiger partial charge is 0.304 e. The van der Waals surface area contributed by atoms with E-state index in [1.54, 1.807) is 31.3 Å². The molecule has 0 saturated heterocycles. The molecule has 0 spiro atoms. The van der Waals surface area contributed by atoms with Gasteiger partial charge in [0.25, 0.3) is 5.91 Å². The number of sulfone groups is 1. The topological polar surface area (TPSA) is 144 Å². The van der Waals surface area contributed by atoms with Crippen LogP contribution in [0.4, 0.5) is 4.39 Å². The predicted molar refractivity (Wildman–Crippen MR) is 123 cm³/mol. The minimum atomic E-state index is -3.90. The predicted octanol–water partition coefficient (Wildman–Crippen LogP) is 2.69. The molecular formula is C23H20FN5O5S. The van der Waals surface area contributed by atoms with E-state index >= 15 is 0 Å². The fourth-order valence-corrected chi connectivity index (χ4v) is 4.61. The van der Waals surface area contributed by atoms with E-state index in [1.807, 2.05) is 0 Å². The molecule has 0 radical (unpaired) electrons. The van der Waals surface area contributed by atoms with Crippen molar-refractivity contribution < 1.29 is 27.5 Å². The van der Waals surface area contributed by atoms with Crippen LogP contribution in [-0.2, 0) is 14.6 Å². The van der Waals surface area contributed by atoms with Gasteiger partial charge in [0.05, 0.1) is 53.1 Å². The molecule has 0 aliphatic rings. The highest BCUT2D eigenvalue weighted by atomic mass is 32.2. The highest BCUT2D eigenvalue weighted by Crippen LogP contribution is 2.22. The zero-order chi connectivity index (χ0) is 25.2. The molecule has 12 heteroatoms. The standard InChI is InChI=1S/C23H20FN5O5S/c1-14(19-3-2-4-21(28-19)35(33,34)10-9-22(30)31)27-23(32)18-11-25-13-20-17(18)12-26-29(20)16-7-5-15(24)6-8-16/h2-8,11-14H,9-10H2,1H3,(H,27,32)(H,30,31)/t14-/m0/s1. The number of benzene rings is 1. The summed E-state index contributed by atoms with van der Waals surface area (Å²) < 4.78 is 39.6. The second kappa shape index (κ2) is 9.58. The molecule has 0 aliphatic carbocycles. The lowest BCUT2D eigenvalue weighted by atomic mass is 10.1. The van der Waals surface area contributed by atoms with Crippen molar-refractivity contribution in [1.82, 2.24) is 25.1 Å². The van der Waals surface area contributed by atoms with Gasteiger partial charge in [-0.25, -0.2) is 22.5 Å². The number of nitrogens with zero attached hydrogens (tertiary/aromatic N) is 4. The van der Waals surface area contributed by atoms with Crippen LogP contribution < -0.4 is 5.32 Å². The second-order valence-electron chi connectivity index (χ2n) is 7.71. The van der Waals surface area contributed by atoms with Crippen LogP contribution >= 0.6 is 0 Å². The molecular weight excluding hydrogens is 477 g/mol. The van der Waals surface area contributed by atoms with Gasteiger partial charge in [0.1, 0.15) is 5.82 Å². The van der Waals surface area contributed by atoms with Gasteiger partial charge < -0.3 is 10.4 Å². The van der Waals surface area contributed by atoms with Crippen LogP contribution in [0.5, 0.6) is 0 Å². The Labute approximate surface area is 199 Å². The molecule has 0 bridgehead atoms. The van der Waals surface area contributed by atoms with Crippen molar-refractivity contribution in [3.8, 4) is 5.69 Å². The monoisotopic (exact) mass is 497 g/mol. The zero-order valence-electron chi connectivity index (χ0n) is 18.4. The quantitative estimate of drug-likeness (QED) is 0.378. The van der Waals surface area contributed by atoms with E-state index < -0.39 is 39.9 Å². The first-order valence-corrected chi connectivity index (χ1v) is 12.1. The average molecular weight is 498 g/mol. The summed E-state index contributed by atoms with van der Waals surface area (Å²) in [5.74, 6) is -2.67. The molecule has 0 saturated carbocycles. The number of carbonyl (C=O) groups is 2. The summed E-state index contributed by atoms with van der Waals surface area (Å²) in [6.07, 6.45) is 3.90. The van der Waals surface area contributed by atoms with Crippen molar-refractivity contribution in [2.45, 2.75) is 24.4 Å². The Morgan fingerprint density at radius 3 is 2.57 bits per heavy atom. The number of carboxylic acid groups (broad SMARTS) is 1. The summed E-state index contributed by atoms with van der Waals surface area (Å²) in [5.41, 5.74) is 1.67. The molecule has 4 aromatic rings. The fourth-order valence-electron chi connectivity index (χ4n) is 3.43. The summed E-state index contributed by atoms with van der Waals surface area (Å²) in [4.78, 5) is 32.0. The van der Waals surface area contributed by atoms with Gasteiger partial charge in [0, 0.05) is 11.6 Å². The number of hydrogen-bond acceptors (Lipinski definition) is 7. The molecule has 3 aromatic heterocycles. The van der Waals surface area contributed by atoms with Crippen LogP contribution in [0.15, 0.2) is 66.1 Å². The number of fused-ring (bicyclic) bond motifs is 1. The molecule has 10 nitrogen and oxygen atoms in total. The molecule has 0 unspecified atom stereocenters. The summed E-state index contributed by atoms with van der Waals surface area (Å²) in [7, 11) is -3.90. The van der Waals surface area contributed by atoms with Crippen LogP contribution in [0.3, 0.4) is 0 Å². The molecule has 0 aliphatic heterocycles. The summed E-state index contributed by atoms with van der Waals surface area (Å²) in [6.45, 7) is 1.64. The van der Waals surface area contributed by atoms with Crippen LogP contribution in [0.2, 0.25) is 0 Å². The molecule has 35 heavy (non-hydrogen) atoms. The Morgan fingerprint density at radius 2 is 1.86 bits per heavy atom. The maximum Gasteiger partial charge on any atom is 0.304 e. The number of nitrogens with one attached hydrogen (secondary N) is 1. The number of aliphatic carboxylic acids is 1. The van der Waals surface area contributed by atoms with Crippen molar-refractivity contribution in [2.24, 2.45) is 0 Å². The number of pyridine rings is 2. The van der Waals surface area contributed by atoms with Gasteiger partial charge in [-0.1, -0.05) is 6.07 Å². The number of rotatable bonds is 8. The number of amides is 1. The molecule has 1 atom stereocenters. The number of carboxylic acids is 1. The van der Waals surface area contributed by atoms with E-state index in [2.05, 4.69) is 20.4 Å². The number of aromatic nitrogens is 4. The first kappa shape index (κ1) is 24.0. The fraction of sp³-hybridized carbons (Fsp3) is 0.174. The van der Waals surface area contributed by atoms with Gasteiger partial charge in [0.15, 0.2) is 14.9 Å². The van der Waals surface area contributed by atoms with E-state index in [9.17, 15) is 22.4 Å². The summed E-state index contributed by atoms with van der Waals surface area (Å²) in [5, 5.41) is 16.1. The Kier molecular flexibility index (Phi) is 6.56. The first-order chi connectivity index (χ1) is 16.7. The second-order valence-corrected chi connectivity index (χ2v) is 9.77. The normalized spacial score (nSPS) is 12.4. The van der Waals surface area contributed by atoms with Gasteiger partial charge in [-0.15, -0.1) is 0 Å². The minimum absolute atomic E-state index is 0.243. The minimum Gasteiger partial charge on any atom is -0.481 e. The molecule has 180 valence electrons. The molecule has 2 N–H and O–H groups in total. The van der Waals surface area contributed by atoms with Gasteiger partial charge >= 0.3 is 5.97 Å². The van der Waals surface area contributed by atoms with E-state index in [4.69, 9.17) is 5.11 Å². The third-order valence-electron chi connectivity index (χ3n) is 5.25. The van der Waals surface area contributed by atoms with Crippen LogP contribution in [0.1, 0.15) is 35.4 Å². The Hall–Kier alpha value is -4.19. The highest BCUT2D eigenvalue weighted by molar-refractivity contribution is 7.91. The Bertz CT molecular complexity index is 1520. The van der Waals surface area contributed by atoms with Crippen LogP contribution in [-0.4, -0.2) is 50.9 Å². The zero-order valence-corrected chi connectivity index (χ0v) is 19.2. The van der Waals surface area contributed by atoms with E-state index in [-0.39, 0.29) is 22.1 Å². The van der Waals surface area contributed by atoms with Crippen LogP contribution in [0.25, 0.3) is 16.6 Å².